The normalized spacial score (nSPS) is 23.1. The average molecular weight is 304 g/mol. The summed E-state index contributed by atoms with van der Waals surface area (Å²) in [6.45, 7) is 4.03. The van der Waals surface area contributed by atoms with Gasteiger partial charge < -0.3 is 15.2 Å². The van der Waals surface area contributed by atoms with Crippen molar-refractivity contribution in [3.63, 3.8) is 0 Å². The molecule has 2 unspecified atom stereocenters. The lowest BCUT2D eigenvalue weighted by molar-refractivity contribution is 0.00652. The molecular formula is C14H19Cl2NO2. The summed E-state index contributed by atoms with van der Waals surface area (Å²) in [5.41, 5.74) is 0.0306. The number of ether oxygens (including phenoxy) is 1. The third-order valence-electron chi connectivity index (χ3n) is 3.29. The minimum atomic E-state index is -0.841. The van der Waals surface area contributed by atoms with E-state index in [1.54, 1.807) is 6.07 Å². The average Bonchev–Trinajstić information content (AvgIpc) is 2.35. The van der Waals surface area contributed by atoms with Crippen LogP contribution in [0.3, 0.4) is 0 Å². The van der Waals surface area contributed by atoms with E-state index in [4.69, 9.17) is 27.9 Å². The molecule has 2 atom stereocenters. The summed E-state index contributed by atoms with van der Waals surface area (Å²) >= 11 is 12.1. The molecule has 1 heterocycles. The predicted octanol–water partition coefficient (Wildman–Crippen LogP) is 2.67. The van der Waals surface area contributed by atoms with Gasteiger partial charge in [-0.3, -0.25) is 0 Å². The van der Waals surface area contributed by atoms with Crippen LogP contribution in [-0.4, -0.2) is 36.5 Å². The third kappa shape index (κ3) is 4.33. The second-order valence-electron chi connectivity index (χ2n) is 5.32. The Balaban J connectivity index is 2.01. The number of halogens is 2. The summed E-state index contributed by atoms with van der Waals surface area (Å²) in [5, 5.41) is 14.9. The first-order valence-electron chi connectivity index (χ1n) is 6.44. The van der Waals surface area contributed by atoms with E-state index in [2.05, 4.69) is 5.32 Å². The number of hydrogen-bond acceptors (Lipinski definition) is 3. The van der Waals surface area contributed by atoms with Crippen LogP contribution in [0.15, 0.2) is 18.2 Å². The van der Waals surface area contributed by atoms with Crippen LogP contribution < -0.4 is 5.32 Å². The Morgan fingerprint density at radius 1 is 1.47 bits per heavy atom. The second kappa shape index (κ2) is 6.42. The maximum Gasteiger partial charge on any atom is 0.0676 e. The summed E-state index contributed by atoms with van der Waals surface area (Å²) in [6, 6.07) is 5.68. The zero-order valence-electron chi connectivity index (χ0n) is 11.0. The number of rotatable bonds is 4. The molecule has 1 fully saturated rings. The Bertz CT molecular complexity index is 431. The van der Waals surface area contributed by atoms with Gasteiger partial charge >= 0.3 is 0 Å². The van der Waals surface area contributed by atoms with Crippen LogP contribution in [0.5, 0.6) is 0 Å². The number of morpholine rings is 1. The highest BCUT2D eigenvalue weighted by Gasteiger charge is 2.28. The highest BCUT2D eigenvalue weighted by molar-refractivity contribution is 6.42. The quantitative estimate of drug-likeness (QED) is 0.898. The van der Waals surface area contributed by atoms with Crippen molar-refractivity contribution in [2.45, 2.75) is 31.4 Å². The third-order valence-corrected chi connectivity index (χ3v) is 4.15. The Hall–Kier alpha value is -0.320. The van der Waals surface area contributed by atoms with E-state index in [9.17, 15) is 5.11 Å². The summed E-state index contributed by atoms with van der Waals surface area (Å²) in [6.07, 6.45) is 1.10. The molecule has 19 heavy (non-hydrogen) atoms. The molecule has 1 aliphatic heterocycles. The summed E-state index contributed by atoms with van der Waals surface area (Å²) in [4.78, 5) is 0. The fourth-order valence-corrected chi connectivity index (χ4v) is 2.84. The molecule has 0 bridgehead atoms. The van der Waals surface area contributed by atoms with Gasteiger partial charge in [0.15, 0.2) is 0 Å². The van der Waals surface area contributed by atoms with Crippen LogP contribution in [0.2, 0.25) is 10.0 Å². The van der Waals surface area contributed by atoms with E-state index in [1.165, 1.54) is 0 Å². The lowest BCUT2D eigenvalue weighted by Crippen LogP contribution is -2.46. The standard InChI is InChI=1S/C14H19Cl2NO2/c1-14(18,8-11-9-19-6-5-17-11)7-10-3-2-4-12(15)13(10)16/h2-4,11,17-18H,5-9H2,1H3. The van der Waals surface area contributed by atoms with E-state index in [0.29, 0.717) is 29.5 Å². The number of nitrogens with one attached hydrogen (secondary N) is 1. The molecule has 5 heteroatoms. The van der Waals surface area contributed by atoms with Gasteiger partial charge in [0.1, 0.15) is 0 Å². The van der Waals surface area contributed by atoms with Gasteiger partial charge in [0.05, 0.1) is 28.9 Å². The van der Waals surface area contributed by atoms with Gasteiger partial charge in [-0.25, -0.2) is 0 Å². The molecular weight excluding hydrogens is 285 g/mol. The minimum Gasteiger partial charge on any atom is -0.390 e. The van der Waals surface area contributed by atoms with Crippen molar-refractivity contribution in [1.82, 2.24) is 5.32 Å². The molecule has 0 aliphatic carbocycles. The van der Waals surface area contributed by atoms with Crippen molar-refractivity contribution in [3.8, 4) is 0 Å². The molecule has 2 N–H and O–H groups in total. The van der Waals surface area contributed by atoms with Crippen LogP contribution in [0, 0.1) is 0 Å². The first-order chi connectivity index (χ1) is 8.98. The monoisotopic (exact) mass is 303 g/mol. The first-order valence-corrected chi connectivity index (χ1v) is 7.20. The largest absolute Gasteiger partial charge is 0.390 e. The maximum atomic E-state index is 10.5. The van der Waals surface area contributed by atoms with Crippen molar-refractivity contribution in [1.29, 1.82) is 0 Å². The van der Waals surface area contributed by atoms with Gasteiger partial charge in [-0.2, -0.15) is 0 Å². The molecule has 1 aromatic rings. The van der Waals surface area contributed by atoms with Crippen LogP contribution in [0.25, 0.3) is 0 Å². The molecule has 0 aromatic heterocycles. The van der Waals surface area contributed by atoms with Crippen molar-refractivity contribution < 1.29 is 9.84 Å². The van der Waals surface area contributed by atoms with Crippen molar-refractivity contribution >= 4 is 23.2 Å². The van der Waals surface area contributed by atoms with Gasteiger partial charge in [-0.15, -0.1) is 0 Å². The predicted molar refractivity (Wildman–Crippen MR) is 78.0 cm³/mol. The van der Waals surface area contributed by atoms with Crippen LogP contribution in [-0.2, 0) is 11.2 Å². The van der Waals surface area contributed by atoms with Crippen molar-refractivity contribution in [2.75, 3.05) is 19.8 Å². The van der Waals surface area contributed by atoms with Crippen LogP contribution in [0.1, 0.15) is 18.9 Å². The topological polar surface area (TPSA) is 41.5 Å². The molecule has 0 saturated carbocycles. The van der Waals surface area contributed by atoms with Gasteiger partial charge in [-0.05, 0) is 25.0 Å². The fourth-order valence-electron chi connectivity index (χ4n) is 2.45. The molecule has 1 aromatic carbocycles. The molecule has 1 aliphatic rings. The molecule has 106 valence electrons. The molecule has 1 saturated heterocycles. The lowest BCUT2D eigenvalue weighted by Gasteiger charge is -2.31. The van der Waals surface area contributed by atoms with E-state index in [0.717, 1.165) is 18.7 Å². The molecule has 3 nitrogen and oxygen atoms in total. The highest BCUT2D eigenvalue weighted by Crippen LogP contribution is 2.29. The van der Waals surface area contributed by atoms with Crippen LogP contribution >= 0.6 is 23.2 Å². The van der Waals surface area contributed by atoms with Gasteiger partial charge in [0.2, 0.25) is 0 Å². The number of benzene rings is 1. The van der Waals surface area contributed by atoms with E-state index >= 15 is 0 Å². The summed E-state index contributed by atoms with van der Waals surface area (Å²) in [5.74, 6) is 0. The van der Waals surface area contributed by atoms with E-state index in [1.807, 2.05) is 19.1 Å². The lowest BCUT2D eigenvalue weighted by atomic mass is 9.89. The van der Waals surface area contributed by atoms with E-state index < -0.39 is 5.60 Å². The fraction of sp³-hybridized carbons (Fsp3) is 0.571. The van der Waals surface area contributed by atoms with Gasteiger partial charge in [0.25, 0.3) is 0 Å². The zero-order chi connectivity index (χ0) is 13.9. The molecule has 0 radical (unpaired) electrons. The van der Waals surface area contributed by atoms with Crippen LogP contribution in [0.4, 0.5) is 0 Å². The Labute approximate surface area is 123 Å². The Kier molecular flexibility index (Phi) is 5.09. The Morgan fingerprint density at radius 3 is 2.95 bits per heavy atom. The summed E-state index contributed by atoms with van der Waals surface area (Å²) in [7, 11) is 0. The van der Waals surface area contributed by atoms with Crippen molar-refractivity contribution in [3.05, 3.63) is 33.8 Å². The van der Waals surface area contributed by atoms with E-state index in [-0.39, 0.29) is 6.04 Å². The van der Waals surface area contributed by atoms with Gasteiger partial charge in [0, 0.05) is 19.0 Å². The number of aliphatic hydroxyl groups is 1. The Morgan fingerprint density at radius 2 is 2.26 bits per heavy atom. The highest BCUT2D eigenvalue weighted by atomic mass is 35.5. The van der Waals surface area contributed by atoms with Gasteiger partial charge in [-0.1, -0.05) is 35.3 Å². The first kappa shape index (κ1) is 15.1. The molecule has 2 rings (SSSR count). The SMILES string of the molecule is CC(O)(Cc1cccc(Cl)c1Cl)CC1COCCN1. The molecule has 0 amide bonds. The molecule has 0 spiro atoms. The minimum absolute atomic E-state index is 0.182. The smallest absolute Gasteiger partial charge is 0.0676 e. The maximum absolute atomic E-state index is 10.5. The second-order valence-corrected chi connectivity index (χ2v) is 6.10. The number of hydrogen-bond donors (Lipinski definition) is 2. The van der Waals surface area contributed by atoms with Crippen molar-refractivity contribution in [2.24, 2.45) is 0 Å². The summed E-state index contributed by atoms with van der Waals surface area (Å²) < 4.78 is 5.40. The zero-order valence-corrected chi connectivity index (χ0v) is 12.5.